The van der Waals surface area contributed by atoms with Gasteiger partial charge in [0.15, 0.2) is 0 Å². The van der Waals surface area contributed by atoms with Gasteiger partial charge in [0.1, 0.15) is 21.9 Å². The maximum Gasteiger partial charge on any atom is 0.346 e. The van der Waals surface area contributed by atoms with Crippen molar-refractivity contribution in [1.82, 2.24) is 14.9 Å². The number of hydrogen-bond acceptors (Lipinski definition) is 6. The summed E-state index contributed by atoms with van der Waals surface area (Å²) in [6.07, 6.45) is 2.52. The summed E-state index contributed by atoms with van der Waals surface area (Å²) in [5.74, 6) is -0.100. The molecule has 0 aliphatic carbocycles. The molecule has 0 saturated heterocycles. The lowest BCUT2D eigenvalue weighted by molar-refractivity contribution is 0.0701. The average molecular weight is 308 g/mol. The van der Waals surface area contributed by atoms with Crippen LogP contribution in [0.1, 0.15) is 21.7 Å². The Morgan fingerprint density at radius 1 is 1.29 bits per heavy atom. The maximum atomic E-state index is 11.3. The summed E-state index contributed by atoms with van der Waals surface area (Å²) in [6.45, 7) is 3.69. The zero-order valence-electron chi connectivity index (χ0n) is 12.8. The molecule has 0 radical (unpaired) electrons. The lowest BCUT2D eigenvalue weighted by Crippen LogP contribution is -2.24. The van der Waals surface area contributed by atoms with Crippen molar-refractivity contribution in [1.29, 1.82) is 0 Å². The summed E-state index contributed by atoms with van der Waals surface area (Å²) < 4.78 is 0. The summed E-state index contributed by atoms with van der Waals surface area (Å²) in [7, 11) is 6.07. The summed E-state index contributed by atoms with van der Waals surface area (Å²) >= 11 is 1.21. The Morgan fingerprint density at radius 2 is 2.00 bits per heavy atom. The number of carboxylic acid groups (broad SMARTS) is 1. The molecule has 21 heavy (non-hydrogen) atoms. The van der Waals surface area contributed by atoms with E-state index in [0.29, 0.717) is 4.88 Å². The van der Waals surface area contributed by atoms with Gasteiger partial charge in [0.2, 0.25) is 0 Å². The molecule has 7 heteroatoms. The third-order valence-electron chi connectivity index (χ3n) is 3.36. The second-order valence-electron chi connectivity index (χ2n) is 5.32. The molecule has 0 aliphatic heterocycles. The van der Waals surface area contributed by atoms with E-state index in [4.69, 9.17) is 0 Å². The maximum absolute atomic E-state index is 11.3. The molecule has 0 aliphatic rings. The molecule has 0 saturated carbocycles. The van der Waals surface area contributed by atoms with E-state index in [1.807, 2.05) is 28.1 Å². The van der Waals surface area contributed by atoms with E-state index < -0.39 is 5.97 Å². The van der Waals surface area contributed by atoms with Gasteiger partial charge in [-0.05, 0) is 39.5 Å². The third-order valence-corrected chi connectivity index (χ3v) is 4.55. The summed E-state index contributed by atoms with van der Waals surface area (Å²) in [5.41, 5.74) is 0.748. The summed E-state index contributed by atoms with van der Waals surface area (Å²) in [4.78, 5) is 25.1. The summed E-state index contributed by atoms with van der Waals surface area (Å²) in [5, 5.41) is 10.1. The minimum absolute atomic E-state index is 0.341. The van der Waals surface area contributed by atoms with Gasteiger partial charge in [-0.15, -0.1) is 11.3 Å². The van der Waals surface area contributed by atoms with Crippen molar-refractivity contribution in [3.05, 3.63) is 16.8 Å². The second-order valence-corrected chi connectivity index (χ2v) is 6.32. The molecule has 0 unspecified atom stereocenters. The molecule has 2 heterocycles. The monoisotopic (exact) mass is 308 g/mol. The molecule has 0 atom stereocenters. The predicted octanol–water partition coefficient (Wildman–Crippen LogP) is 2.09. The SMILES string of the molecule is Cc1c(C(=O)O)sc2ncnc(N(C)CCCN(C)C)c12. The third kappa shape index (κ3) is 3.30. The number of carboxylic acids is 1. The largest absolute Gasteiger partial charge is 0.477 e. The molecule has 6 nitrogen and oxygen atoms in total. The number of nitrogens with zero attached hydrogens (tertiary/aromatic N) is 4. The number of fused-ring (bicyclic) bond motifs is 1. The number of rotatable bonds is 6. The fraction of sp³-hybridized carbons (Fsp3) is 0.500. The average Bonchev–Trinajstić information content (AvgIpc) is 2.76. The van der Waals surface area contributed by atoms with Crippen LogP contribution in [-0.4, -0.2) is 60.2 Å². The normalized spacial score (nSPS) is 11.3. The highest BCUT2D eigenvalue weighted by molar-refractivity contribution is 7.20. The predicted molar refractivity (Wildman–Crippen MR) is 85.6 cm³/mol. The van der Waals surface area contributed by atoms with Crippen LogP contribution in [0.3, 0.4) is 0 Å². The van der Waals surface area contributed by atoms with Crippen LogP contribution in [0.25, 0.3) is 10.2 Å². The van der Waals surface area contributed by atoms with Crippen molar-refractivity contribution in [3.63, 3.8) is 0 Å². The summed E-state index contributed by atoms with van der Waals surface area (Å²) in [6, 6.07) is 0. The van der Waals surface area contributed by atoms with Crippen LogP contribution in [0.4, 0.5) is 5.82 Å². The zero-order chi connectivity index (χ0) is 15.6. The quantitative estimate of drug-likeness (QED) is 0.881. The number of anilines is 1. The molecule has 114 valence electrons. The van der Waals surface area contributed by atoms with Gasteiger partial charge >= 0.3 is 5.97 Å². The van der Waals surface area contributed by atoms with E-state index in [1.165, 1.54) is 17.7 Å². The highest BCUT2D eigenvalue weighted by atomic mass is 32.1. The number of thiophene rings is 1. The fourth-order valence-electron chi connectivity index (χ4n) is 2.28. The number of aryl methyl sites for hydroxylation is 1. The van der Waals surface area contributed by atoms with Gasteiger partial charge in [0, 0.05) is 13.6 Å². The Balaban J connectivity index is 2.33. The van der Waals surface area contributed by atoms with Crippen LogP contribution in [0.15, 0.2) is 6.33 Å². The first kappa shape index (κ1) is 15.7. The van der Waals surface area contributed by atoms with E-state index in [-0.39, 0.29) is 0 Å². The highest BCUT2D eigenvalue weighted by Crippen LogP contribution is 2.34. The first-order chi connectivity index (χ1) is 9.91. The Bertz CT molecular complexity index is 654. The van der Waals surface area contributed by atoms with Gasteiger partial charge in [-0.1, -0.05) is 0 Å². The van der Waals surface area contributed by atoms with Crippen molar-refractivity contribution in [2.75, 3.05) is 39.1 Å². The van der Waals surface area contributed by atoms with Crippen molar-refractivity contribution >= 4 is 33.3 Å². The number of aromatic nitrogens is 2. The van der Waals surface area contributed by atoms with E-state index in [1.54, 1.807) is 0 Å². The van der Waals surface area contributed by atoms with Crippen LogP contribution in [0.2, 0.25) is 0 Å². The molecule has 0 fully saturated rings. The van der Waals surface area contributed by atoms with Crippen LogP contribution in [0.5, 0.6) is 0 Å². The van der Waals surface area contributed by atoms with Gasteiger partial charge in [-0.2, -0.15) is 0 Å². The van der Waals surface area contributed by atoms with Crippen LogP contribution in [-0.2, 0) is 0 Å². The van der Waals surface area contributed by atoms with E-state index >= 15 is 0 Å². The van der Waals surface area contributed by atoms with Crippen molar-refractivity contribution in [2.45, 2.75) is 13.3 Å². The lowest BCUT2D eigenvalue weighted by Gasteiger charge is -2.20. The number of carbonyl (C=O) groups is 1. The van der Waals surface area contributed by atoms with Gasteiger partial charge < -0.3 is 14.9 Å². The standard InChI is InChI=1S/C14H20N4O2S/c1-9-10-12(18(4)7-5-6-17(2)3)15-8-16-13(10)21-11(9)14(19)20/h8H,5-7H2,1-4H3,(H,19,20). The molecule has 0 aromatic carbocycles. The molecular weight excluding hydrogens is 288 g/mol. The Hall–Kier alpha value is -1.73. The fourth-order valence-corrected chi connectivity index (χ4v) is 3.26. The van der Waals surface area contributed by atoms with Gasteiger partial charge in [0.05, 0.1) is 5.39 Å². The second kappa shape index (κ2) is 6.36. The van der Waals surface area contributed by atoms with E-state index in [0.717, 1.165) is 41.1 Å². The van der Waals surface area contributed by atoms with Crippen LogP contribution in [0, 0.1) is 6.92 Å². The zero-order valence-corrected chi connectivity index (χ0v) is 13.6. The first-order valence-corrected chi connectivity index (χ1v) is 7.56. The van der Waals surface area contributed by atoms with Gasteiger partial charge in [0.25, 0.3) is 0 Å². The molecule has 2 aromatic heterocycles. The number of hydrogen-bond donors (Lipinski definition) is 1. The molecule has 0 spiro atoms. The van der Waals surface area contributed by atoms with E-state index in [2.05, 4.69) is 19.8 Å². The minimum Gasteiger partial charge on any atom is -0.477 e. The molecular formula is C14H20N4O2S. The lowest BCUT2D eigenvalue weighted by atomic mass is 10.2. The molecule has 2 rings (SSSR count). The topological polar surface area (TPSA) is 69.6 Å². The molecule has 1 N–H and O–H groups in total. The van der Waals surface area contributed by atoms with Crippen molar-refractivity contribution < 1.29 is 9.90 Å². The van der Waals surface area contributed by atoms with Crippen LogP contribution >= 0.6 is 11.3 Å². The van der Waals surface area contributed by atoms with Gasteiger partial charge in [-0.3, -0.25) is 0 Å². The Labute approximate surface area is 128 Å². The van der Waals surface area contributed by atoms with Gasteiger partial charge in [-0.25, -0.2) is 14.8 Å². The highest BCUT2D eigenvalue weighted by Gasteiger charge is 2.20. The smallest absolute Gasteiger partial charge is 0.346 e. The Kier molecular flexibility index (Phi) is 4.74. The van der Waals surface area contributed by atoms with E-state index in [9.17, 15) is 9.90 Å². The molecule has 0 bridgehead atoms. The first-order valence-electron chi connectivity index (χ1n) is 6.75. The molecule has 0 amide bonds. The Morgan fingerprint density at radius 3 is 2.62 bits per heavy atom. The number of aromatic carboxylic acids is 1. The van der Waals surface area contributed by atoms with Crippen LogP contribution < -0.4 is 4.90 Å². The van der Waals surface area contributed by atoms with Crippen molar-refractivity contribution in [2.24, 2.45) is 0 Å². The van der Waals surface area contributed by atoms with Crippen molar-refractivity contribution in [3.8, 4) is 0 Å². The minimum atomic E-state index is -0.906. The molecule has 2 aromatic rings.